The first-order valence-electron chi connectivity index (χ1n) is 30.9. The molecule has 0 aliphatic carbocycles. The minimum Gasteiger partial charge on any atom is -0.466 e. The van der Waals surface area contributed by atoms with Crippen molar-refractivity contribution in [1.29, 1.82) is 0 Å². The molecule has 2 atom stereocenters. The molecule has 2 unspecified atom stereocenters. The number of unbranched alkanes of at least 4 members (excludes halogenated alkanes) is 40. The van der Waals surface area contributed by atoms with Crippen molar-refractivity contribution in [2.75, 3.05) is 13.2 Å². The number of esters is 1. The maximum Gasteiger partial charge on any atom is 0.305 e. The second-order valence-corrected chi connectivity index (χ2v) is 21.0. The Morgan fingerprint density at radius 1 is 0.400 bits per heavy atom. The summed E-state index contributed by atoms with van der Waals surface area (Å²) in [5.41, 5.74) is 0. The Labute approximate surface area is 436 Å². The van der Waals surface area contributed by atoms with E-state index in [1.165, 1.54) is 212 Å². The fourth-order valence-corrected chi connectivity index (χ4v) is 9.31. The Morgan fingerprint density at radius 2 is 0.714 bits per heavy atom. The number of rotatable bonds is 57. The third-order valence-electron chi connectivity index (χ3n) is 14.1. The Morgan fingerprint density at radius 3 is 1.10 bits per heavy atom. The molecule has 3 N–H and O–H groups in total. The van der Waals surface area contributed by atoms with Crippen molar-refractivity contribution in [2.24, 2.45) is 0 Å². The standard InChI is InChI=1S/C64H119NO5/c1-3-5-7-9-11-13-15-17-19-21-24-28-32-36-40-44-48-52-56-62(67)61(60-66)65-63(68)57-53-49-45-41-37-33-29-25-23-27-31-35-39-43-47-51-55-59-70-64(69)58-54-50-46-42-38-34-30-26-22-20-18-16-14-12-10-8-6-4-2/h20,22-23,27,35,39,52,56,61-62,66-67H,3-19,21,24-26,28-34,36-38,40-51,53-55,57-60H2,1-2H3,(H,65,68)/b22-20-,27-23-,39-35-,56-52+. The first-order valence-corrected chi connectivity index (χ1v) is 30.9. The van der Waals surface area contributed by atoms with Crippen molar-refractivity contribution in [3.63, 3.8) is 0 Å². The van der Waals surface area contributed by atoms with Gasteiger partial charge in [0, 0.05) is 12.8 Å². The molecule has 0 rings (SSSR count). The van der Waals surface area contributed by atoms with Crippen LogP contribution in [0.1, 0.15) is 322 Å². The van der Waals surface area contributed by atoms with Gasteiger partial charge in [0.25, 0.3) is 0 Å². The highest BCUT2D eigenvalue weighted by Crippen LogP contribution is 2.16. The van der Waals surface area contributed by atoms with Gasteiger partial charge in [-0.15, -0.1) is 0 Å². The average molecular weight is 983 g/mol. The van der Waals surface area contributed by atoms with Gasteiger partial charge in [-0.2, -0.15) is 0 Å². The van der Waals surface area contributed by atoms with Gasteiger partial charge in [0.1, 0.15) is 0 Å². The van der Waals surface area contributed by atoms with Gasteiger partial charge in [0.05, 0.1) is 25.4 Å². The topological polar surface area (TPSA) is 95.9 Å². The maximum atomic E-state index is 12.5. The third kappa shape index (κ3) is 55.1. The van der Waals surface area contributed by atoms with Crippen molar-refractivity contribution in [3.05, 3.63) is 48.6 Å². The van der Waals surface area contributed by atoms with Gasteiger partial charge < -0.3 is 20.3 Å². The van der Waals surface area contributed by atoms with Crippen LogP contribution in [0.25, 0.3) is 0 Å². The molecule has 0 saturated heterocycles. The highest BCUT2D eigenvalue weighted by molar-refractivity contribution is 5.76. The lowest BCUT2D eigenvalue weighted by molar-refractivity contribution is -0.143. The van der Waals surface area contributed by atoms with E-state index in [9.17, 15) is 19.8 Å². The Bertz CT molecular complexity index is 1180. The van der Waals surface area contributed by atoms with Gasteiger partial charge in [-0.1, -0.05) is 262 Å². The van der Waals surface area contributed by atoms with Gasteiger partial charge in [-0.05, 0) is 96.3 Å². The van der Waals surface area contributed by atoms with E-state index in [1.54, 1.807) is 6.08 Å². The minimum absolute atomic E-state index is 0.0194. The largest absolute Gasteiger partial charge is 0.466 e. The molecule has 0 aliphatic rings. The van der Waals surface area contributed by atoms with Gasteiger partial charge in [-0.3, -0.25) is 9.59 Å². The van der Waals surface area contributed by atoms with Crippen LogP contribution < -0.4 is 5.32 Å². The number of carbonyl (C=O) groups is 2. The van der Waals surface area contributed by atoms with Crippen molar-refractivity contribution < 1.29 is 24.5 Å². The van der Waals surface area contributed by atoms with Gasteiger partial charge in [-0.25, -0.2) is 0 Å². The Kier molecular flexibility index (Phi) is 57.5. The molecule has 0 aliphatic heterocycles. The monoisotopic (exact) mass is 982 g/mol. The zero-order chi connectivity index (χ0) is 50.7. The highest BCUT2D eigenvalue weighted by atomic mass is 16.5. The molecule has 70 heavy (non-hydrogen) atoms. The lowest BCUT2D eigenvalue weighted by Crippen LogP contribution is -2.45. The van der Waals surface area contributed by atoms with Gasteiger partial charge in [0.15, 0.2) is 0 Å². The molecule has 0 radical (unpaired) electrons. The lowest BCUT2D eigenvalue weighted by Gasteiger charge is -2.20. The first kappa shape index (κ1) is 67.8. The third-order valence-corrected chi connectivity index (χ3v) is 14.1. The van der Waals surface area contributed by atoms with Crippen LogP contribution in [0, 0.1) is 0 Å². The summed E-state index contributed by atoms with van der Waals surface area (Å²) in [6.07, 6.45) is 75.7. The molecule has 0 saturated carbocycles. The minimum atomic E-state index is -0.857. The number of hydrogen-bond donors (Lipinski definition) is 3. The highest BCUT2D eigenvalue weighted by Gasteiger charge is 2.18. The number of hydrogen-bond acceptors (Lipinski definition) is 5. The smallest absolute Gasteiger partial charge is 0.305 e. The number of nitrogens with one attached hydrogen (secondary N) is 1. The number of amides is 1. The van der Waals surface area contributed by atoms with Crippen LogP contribution in [-0.2, 0) is 14.3 Å². The van der Waals surface area contributed by atoms with Gasteiger partial charge >= 0.3 is 5.97 Å². The molecule has 0 aromatic heterocycles. The number of aliphatic hydroxyl groups excluding tert-OH is 2. The molecular formula is C64H119NO5. The average Bonchev–Trinajstić information content (AvgIpc) is 3.36. The van der Waals surface area contributed by atoms with E-state index in [4.69, 9.17) is 4.74 Å². The molecule has 6 nitrogen and oxygen atoms in total. The van der Waals surface area contributed by atoms with Crippen LogP contribution in [-0.4, -0.2) is 47.4 Å². The van der Waals surface area contributed by atoms with Crippen molar-refractivity contribution in [3.8, 4) is 0 Å². The van der Waals surface area contributed by atoms with Gasteiger partial charge in [0.2, 0.25) is 5.91 Å². The number of allylic oxidation sites excluding steroid dienone is 7. The van der Waals surface area contributed by atoms with E-state index in [0.29, 0.717) is 19.4 Å². The summed E-state index contributed by atoms with van der Waals surface area (Å²) in [4.78, 5) is 24.6. The summed E-state index contributed by atoms with van der Waals surface area (Å²) in [5, 5.41) is 23.1. The summed E-state index contributed by atoms with van der Waals surface area (Å²) < 4.78 is 5.47. The van der Waals surface area contributed by atoms with Crippen LogP contribution in [0.15, 0.2) is 48.6 Å². The van der Waals surface area contributed by atoms with E-state index in [-0.39, 0.29) is 18.5 Å². The summed E-state index contributed by atoms with van der Waals surface area (Å²) >= 11 is 0. The molecule has 6 heteroatoms. The molecule has 0 heterocycles. The molecule has 1 amide bonds. The van der Waals surface area contributed by atoms with E-state index in [1.807, 2.05) is 6.08 Å². The SMILES string of the molecule is CCCCCCCCC/C=C\CCCCCCCCCC(=O)OCCCCC/C=C\C/C=C\CCCCCCCCCC(=O)NC(CO)C(O)/C=C/CCCCCCCCCCCCCCCCCC. The first-order chi connectivity index (χ1) is 34.5. The number of ether oxygens (including phenoxy) is 1. The summed E-state index contributed by atoms with van der Waals surface area (Å²) in [6, 6.07) is -0.641. The molecule has 0 aromatic carbocycles. The fraction of sp³-hybridized carbons (Fsp3) is 0.844. The van der Waals surface area contributed by atoms with Crippen molar-refractivity contribution in [1.82, 2.24) is 5.32 Å². The second-order valence-electron chi connectivity index (χ2n) is 21.0. The van der Waals surface area contributed by atoms with Crippen LogP contribution in [0.3, 0.4) is 0 Å². The van der Waals surface area contributed by atoms with E-state index in [0.717, 1.165) is 83.5 Å². The molecule has 0 spiro atoms. The molecule has 0 fully saturated rings. The Balaban J connectivity index is 3.52. The summed E-state index contributed by atoms with van der Waals surface area (Å²) in [7, 11) is 0. The number of carbonyl (C=O) groups excluding carboxylic acids is 2. The molecule has 0 bridgehead atoms. The van der Waals surface area contributed by atoms with Crippen molar-refractivity contribution in [2.45, 2.75) is 334 Å². The predicted octanol–water partition coefficient (Wildman–Crippen LogP) is 19.4. The molecule has 410 valence electrons. The molecule has 0 aromatic rings. The second kappa shape index (κ2) is 59.4. The maximum absolute atomic E-state index is 12.5. The lowest BCUT2D eigenvalue weighted by atomic mass is 10.0. The normalized spacial score (nSPS) is 12.9. The van der Waals surface area contributed by atoms with E-state index < -0.39 is 12.1 Å². The summed E-state index contributed by atoms with van der Waals surface area (Å²) in [5.74, 6) is -0.102. The zero-order valence-electron chi connectivity index (χ0n) is 46.7. The van der Waals surface area contributed by atoms with Crippen LogP contribution in [0.2, 0.25) is 0 Å². The zero-order valence-corrected chi connectivity index (χ0v) is 46.7. The van der Waals surface area contributed by atoms with Crippen LogP contribution >= 0.6 is 0 Å². The van der Waals surface area contributed by atoms with Crippen molar-refractivity contribution >= 4 is 11.9 Å². The van der Waals surface area contributed by atoms with Crippen LogP contribution in [0.4, 0.5) is 0 Å². The number of aliphatic hydroxyl groups is 2. The van der Waals surface area contributed by atoms with E-state index in [2.05, 4.69) is 55.6 Å². The van der Waals surface area contributed by atoms with Crippen LogP contribution in [0.5, 0.6) is 0 Å². The van der Waals surface area contributed by atoms with E-state index >= 15 is 0 Å². The fourth-order valence-electron chi connectivity index (χ4n) is 9.31. The quantitative estimate of drug-likeness (QED) is 0.0321. The molecular weight excluding hydrogens is 863 g/mol. The summed E-state index contributed by atoms with van der Waals surface area (Å²) in [6.45, 7) is 4.87. The predicted molar refractivity (Wildman–Crippen MR) is 306 cm³/mol. The Hall–Kier alpha value is -2.18.